The number of nitrogens with one attached hydrogen (secondary N) is 2. The summed E-state index contributed by atoms with van der Waals surface area (Å²) in [7, 11) is 1.63. The molecule has 0 atom stereocenters. The van der Waals surface area contributed by atoms with Crippen molar-refractivity contribution < 1.29 is 9.53 Å². The van der Waals surface area contributed by atoms with Crippen LogP contribution in [0.3, 0.4) is 0 Å². The normalized spacial score (nSPS) is 16.5. The van der Waals surface area contributed by atoms with Crippen molar-refractivity contribution in [2.24, 2.45) is 5.41 Å². The fourth-order valence-electron chi connectivity index (χ4n) is 2.64. The molecular weight excluding hydrogens is 368 g/mol. The molecule has 2 rings (SSSR count). The molecule has 22 heavy (non-hydrogen) atoms. The molecular formula is C16H24BrClN2O2. The Kier molecular flexibility index (Phi) is 7.66. The molecule has 1 saturated heterocycles. The van der Waals surface area contributed by atoms with Crippen LogP contribution in [0.4, 0.5) is 0 Å². The molecule has 0 spiro atoms. The van der Waals surface area contributed by atoms with Crippen molar-refractivity contribution in [1.82, 2.24) is 10.6 Å². The van der Waals surface area contributed by atoms with Crippen molar-refractivity contribution >= 4 is 34.2 Å². The maximum absolute atomic E-state index is 12.2. The second-order valence-electron chi connectivity index (χ2n) is 5.97. The Labute approximate surface area is 146 Å². The molecule has 0 unspecified atom stereocenters. The third kappa shape index (κ3) is 5.45. The monoisotopic (exact) mass is 390 g/mol. The highest BCUT2D eigenvalue weighted by atomic mass is 79.9. The molecule has 0 aliphatic carbocycles. The van der Waals surface area contributed by atoms with Crippen LogP contribution in [-0.2, 0) is 11.2 Å². The van der Waals surface area contributed by atoms with E-state index in [1.165, 1.54) is 0 Å². The second kappa shape index (κ2) is 8.75. The lowest BCUT2D eigenvalue weighted by molar-refractivity contribution is -0.121. The average molecular weight is 392 g/mol. The van der Waals surface area contributed by atoms with E-state index < -0.39 is 0 Å². The SMILES string of the molecule is COc1ccc(Br)cc1CC(=O)NCC1(C)CCNCC1.Cl. The summed E-state index contributed by atoms with van der Waals surface area (Å²) in [5.41, 5.74) is 1.11. The number of amides is 1. The molecule has 0 bridgehead atoms. The zero-order valence-corrected chi connectivity index (χ0v) is 15.5. The van der Waals surface area contributed by atoms with Crippen molar-refractivity contribution in [3.8, 4) is 5.75 Å². The molecule has 6 heteroatoms. The molecule has 1 aliphatic heterocycles. The Balaban J connectivity index is 0.00000242. The van der Waals surface area contributed by atoms with E-state index in [-0.39, 0.29) is 23.7 Å². The van der Waals surface area contributed by atoms with E-state index in [9.17, 15) is 4.79 Å². The van der Waals surface area contributed by atoms with E-state index in [1.54, 1.807) is 7.11 Å². The highest BCUT2D eigenvalue weighted by Gasteiger charge is 2.27. The molecule has 0 aromatic heterocycles. The van der Waals surface area contributed by atoms with Crippen LogP contribution in [0.2, 0.25) is 0 Å². The summed E-state index contributed by atoms with van der Waals surface area (Å²) in [5.74, 6) is 0.799. The molecule has 124 valence electrons. The zero-order chi connectivity index (χ0) is 15.3. The molecule has 4 nitrogen and oxygen atoms in total. The minimum Gasteiger partial charge on any atom is -0.496 e. The van der Waals surface area contributed by atoms with Gasteiger partial charge in [-0.3, -0.25) is 4.79 Å². The zero-order valence-electron chi connectivity index (χ0n) is 13.1. The van der Waals surface area contributed by atoms with Crippen LogP contribution in [0.25, 0.3) is 0 Å². The predicted molar refractivity (Wildman–Crippen MR) is 94.9 cm³/mol. The van der Waals surface area contributed by atoms with Gasteiger partial charge in [0.05, 0.1) is 13.5 Å². The van der Waals surface area contributed by atoms with Crippen molar-refractivity contribution in [2.45, 2.75) is 26.2 Å². The van der Waals surface area contributed by atoms with Crippen LogP contribution in [0, 0.1) is 5.41 Å². The van der Waals surface area contributed by atoms with Gasteiger partial charge >= 0.3 is 0 Å². The number of hydrogen-bond acceptors (Lipinski definition) is 3. The number of piperidine rings is 1. The number of hydrogen-bond donors (Lipinski definition) is 2. The lowest BCUT2D eigenvalue weighted by Crippen LogP contribution is -2.43. The first-order valence-electron chi connectivity index (χ1n) is 7.32. The standard InChI is InChI=1S/C16H23BrN2O2.ClH/c1-16(5-7-18-8-6-16)11-19-15(20)10-12-9-13(17)3-4-14(12)21-2;/h3-4,9,18H,5-8,10-11H2,1-2H3,(H,19,20);1H. The topological polar surface area (TPSA) is 50.4 Å². The molecule has 1 fully saturated rings. The number of methoxy groups -OCH3 is 1. The largest absolute Gasteiger partial charge is 0.496 e. The first-order valence-corrected chi connectivity index (χ1v) is 8.11. The molecule has 1 aromatic carbocycles. The van der Waals surface area contributed by atoms with Gasteiger partial charge < -0.3 is 15.4 Å². The Morgan fingerprint density at radius 1 is 1.41 bits per heavy atom. The highest BCUT2D eigenvalue weighted by Crippen LogP contribution is 2.27. The Morgan fingerprint density at radius 3 is 2.73 bits per heavy atom. The number of halogens is 2. The third-order valence-corrected chi connectivity index (χ3v) is 4.61. The molecule has 1 heterocycles. The van der Waals surface area contributed by atoms with Gasteiger partial charge in [-0.1, -0.05) is 22.9 Å². The van der Waals surface area contributed by atoms with Crippen LogP contribution in [0.15, 0.2) is 22.7 Å². The minimum absolute atomic E-state index is 0. The van der Waals surface area contributed by atoms with Crippen LogP contribution in [-0.4, -0.2) is 32.7 Å². The molecule has 1 amide bonds. The van der Waals surface area contributed by atoms with Gasteiger partial charge in [0.2, 0.25) is 5.91 Å². The molecule has 1 aromatic rings. The maximum Gasteiger partial charge on any atom is 0.224 e. The fourth-order valence-corrected chi connectivity index (χ4v) is 3.05. The van der Waals surface area contributed by atoms with Gasteiger partial charge in [0.25, 0.3) is 0 Å². The summed E-state index contributed by atoms with van der Waals surface area (Å²) >= 11 is 3.43. The first-order chi connectivity index (χ1) is 10.0. The first kappa shape index (κ1) is 19.3. The van der Waals surface area contributed by atoms with Crippen molar-refractivity contribution in [3.05, 3.63) is 28.2 Å². The van der Waals surface area contributed by atoms with Crippen LogP contribution < -0.4 is 15.4 Å². The number of ether oxygens (including phenoxy) is 1. The Hall–Kier alpha value is -0.780. The van der Waals surface area contributed by atoms with E-state index in [0.29, 0.717) is 6.42 Å². The van der Waals surface area contributed by atoms with Gasteiger partial charge in [-0.15, -0.1) is 12.4 Å². The smallest absolute Gasteiger partial charge is 0.224 e. The number of benzene rings is 1. The summed E-state index contributed by atoms with van der Waals surface area (Å²) < 4.78 is 6.26. The number of carbonyl (C=O) groups is 1. The van der Waals surface area contributed by atoms with Gasteiger partial charge in [0.1, 0.15) is 5.75 Å². The summed E-state index contributed by atoms with van der Waals surface area (Å²) in [6, 6.07) is 5.72. The van der Waals surface area contributed by atoms with Crippen molar-refractivity contribution in [1.29, 1.82) is 0 Å². The van der Waals surface area contributed by atoms with Gasteiger partial charge in [-0.05, 0) is 49.5 Å². The Bertz CT molecular complexity index is 505. The predicted octanol–water partition coefficient (Wildman–Crippen LogP) is 2.93. The van der Waals surface area contributed by atoms with E-state index in [1.807, 2.05) is 18.2 Å². The van der Waals surface area contributed by atoms with Crippen molar-refractivity contribution in [2.75, 3.05) is 26.7 Å². The van der Waals surface area contributed by atoms with Crippen LogP contribution in [0.1, 0.15) is 25.3 Å². The molecule has 1 aliphatic rings. The minimum atomic E-state index is 0. The van der Waals surface area contributed by atoms with E-state index in [2.05, 4.69) is 33.5 Å². The second-order valence-corrected chi connectivity index (χ2v) is 6.89. The van der Waals surface area contributed by atoms with E-state index in [4.69, 9.17) is 4.74 Å². The third-order valence-electron chi connectivity index (χ3n) is 4.12. The van der Waals surface area contributed by atoms with E-state index in [0.717, 1.165) is 48.3 Å². The molecule has 0 saturated carbocycles. The quantitative estimate of drug-likeness (QED) is 0.811. The summed E-state index contributed by atoms with van der Waals surface area (Å²) in [6.07, 6.45) is 2.55. The summed E-state index contributed by atoms with van der Waals surface area (Å²) in [6.45, 7) is 5.05. The van der Waals surface area contributed by atoms with E-state index >= 15 is 0 Å². The number of carbonyl (C=O) groups excluding carboxylic acids is 1. The highest BCUT2D eigenvalue weighted by molar-refractivity contribution is 9.10. The summed E-state index contributed by atoms with van der Waals surface area (Å²) in [5, 5.41) is 6.43. The van der Waals surface area contributed by atoms with Gasteiger partial charge in [0.15, 0.2) is 0 Å². The molecule has 2 N–H and O–H groups in total. The van der Waals surface area contributed by atoms with Crippen LogP contribution >= 0.6 is 28.3 Å². The Morgan fingerprint density at radius 2 is 2.09 bits per heavy atom. The van der Waals surface area contributed by atoms with Crippen LogP contribution in [0.5, 0.6) is 5.75 Å². The van der Waals surface area contributed by atoms with Gasteiger partial charge in [0, 0.05) is 16.6 Å². The molecule has 0 radical (unpaired) electrons. The average Bonchev–Trinajstić information content (AvgIpc) is 2.46. The van der Waals surface area contributed by atoms with Crippen molar-refractivity contribution in [3.63, 3.8) is 0 Å². The van der Waals surface area contributed by atoms with Gasteiger partial charge in [-0.2, -0.15) is 0 Å². The van der Waals surface area contributed by atoms with Gasteiger partial charge in [-0.25, -0.2) is 0 Å². The lowest BCUT2D eigenvalue weighted by atomic mass is 9.81. The number of rotatable bonds is 5. The summed E-state index contributed by atoms with van der Waals surface area (Å²) in [4.78, 5) is 12.2. The maximum atomic E-state index is 12.2. The lowest BCUT2D eigenvalue weighted by Gasteiger charge is -2.34. The fraction of sp³-hybridized carbons (Fsp3) is 0.562.